The van der Waals surface area contributed by atoms with Crippen molar-refractivity contribution in [2.45, 2.75) is 59.8 Å². The van der Waals surface area contributed by atoms with E-state index in [9.17, 15) is 4.79 Å². The van der Waals surface area contributed by atoms with Gasteiger partial charge in [0.1, 0.15) is 0 Å². The van der Waals surface area contributed by atoms with Crippen molar-refractivity contribution < 1.29 is 23.7 Å². The maximum atomic E-state index is 12.8. The minimum atomic E-state index is -0.156. The van der Waals surface area contributed by atoms with E-state index in [1.807, 2.05) is 20.8 Å². The van der Waals surface area contributed by atoms with Gasteiger partial charge in [-0.15, -0.1) is 0 Å². The number of rotatable bonds is 10. The van der Waals surface area contributed by atoms with E-state index in [0.29, 0.717) is 49.2 Å². The van der Waals surface area contributed by atoms with E-state index in [2.05, 4.69) is 31.0 Å². The van der Waals surface area contributed by atoms with Crippen molar-refractivity contribution in [1.29, 1.82) is 0 Å². The predicted octanol–water partition coefficient (Wildman–Crippen LogP) is 3.11. The summed E-state index contributed by atoms with van der Waals surface area (Å²) in [5.74, 6) is 1.43. The molecule has 0 spiro atoms. The molecule has 0 bridgehead atoms. The third-order valence-electron chi connectivity index (χ3n) is 4.80. The molecule has 1 N–H and O–H groups in total. The van der Waals surface area contributed by atoms with Crippen LogP contribution in [0.2, 0.25) is 0 Å². The number of nitrogens with zero attached hydrogens (tertiary/aromatic N) is 1. The van der Waals surface area contributed by atoms with Crippen LogP contribution < -0.4 is 19.5 Å². The maximum absolute atomic E-state index is 12.8. The van der Waals surface area contributed by atoms with Gasteiger partial charge in [-0.1, -0.05) is 0 Å². The SMILES string of the molecule is CCOc1cc(C(=O)NCC(C)N2CC(C)OC(C)C2)cc(OCC)c1OCC. The lowest BCUT2D eigenvalue weighted by Gasteiger charge is -2.39. The summed E-state index contributed by atoms with van der Waals surface area (Å²) in [5.41, 5.74) is 0.497. The number of benzene rings is 1. The third kappa shape index (κ3) is 6.51. The molecule has 164 valence electrons. The standard InChI is InChI=1S/C22H36N2O5/c1-7-26-19-10-18(11-20(27-8-2)21(19)28-9-3)22(25)23-12-15(4)24-13-16(5)29-17(6)14-24/h10-11,15-17H,7-9,12-14H2,1-6H3,(H,23,25). The van der Waals surface area contributed by atoms with Crippen molar-refractivity contribution in [3.63, 3.8) is 0 Å². The number of hydrogen-bond acceptors (Lipinski definition) is 6. The topological polar surface area (TPSA) is 69.3 Å². The van der Waals surface area contributed by atoms with Crippen LogP contribution in [0.1, 0.15) is 51.9 Å². The summed E-state index contributed by atoms with van der Waals surface area (Å²) in [6.45, 7) is 15.7. The number of amides is 1. The van der Waals surface area contributed by atoms with Crippen molar-refractivity contribution in [2.75, 3.05) is 39.5 Å². The van der Waals surface area contributed by atoms with Crippen LogP contribution in [0.4, 0.5) is 0 Å². The predicted molar refractivity (Wildman–Crippen MR) is 113 cm³/mol. The molecule has 1 heterocycles. The van der Waals surface area contributed by atoms with Gasteiger partial charge in [0.25, 0.3) is 5.91 Å². The van der Waals surface area contributed by atoms with E-state index in [4.69, 9.17) is 18.9 Å². The average Bonchev–Trinajstić information content (AvgIpc) is 2.67. The molecule has 7 heteroatoms. The molecule has 1 aliphatic rings. The monoisotopic (exact) mass is 408 g/mol. The van der Waals surface area contributed by atoms with Gasteiger partial charge >= 0.3 is 0 Å². The summed E-state index contributed by atoms with van der Waals surface area (Å²) in [5, 5.41) is 3.04. The van der Waals surface area contributed by atoms with E-state index in [-0.39, 0.29) is 24.2 Å². The number of carbonyl (C=O) groups is 1. The van der Waals surface area contributed by atoms with Gasteiger partial charge in [0.15, 0.2) is 11.5 Å². The molecule has 1 aliphatic heterocycles. The Balaban J connectivity index is 2.10. The molecule has 7 nitrogen and oxygen atoms in total. The average molecular weight is 409 g/mol. The number of hydrogen-bond donors (Lipinski definition) is 1. The second kappa shape index (κ2) is 11.3. The Labute approximate surface area is 174 Å². The van der Waals surface area contributed by atoms with Crippen molar-refractivity contribution in [3.8, 4) is 17.2 Å². The molecule has 1 aromatic rings. The molecule has 29 heavy (non-hydrogen) atoms. The van der Waals surface area contributed by atoms with Gasteiger partial charge in [-0.25, -0.2) is 0 Å². The molecule has 0 radical (unpaired) electrons. The van der Waals surface area contributed by atoms with Crippen LogP contribution in [0, 0.1) is 0 Å². The van der Waals surface area contributed by atoms with E-state index >= 15 is 0 Å². The molecule has 0 aromatic heterocycles. The van der Waals surface area contributed by atoms with Crippen molar-refractivity contribution >= 4 is 5.91 Å². The smallest absolute Gasteiger partial charge is 0.251 e. The van der Waals surface area contributed by atoms with Crippen LogP contribution in [0.25, 0.3) is 0 Å². The van der Waals surface area contributed by atoms with Gasteiger partial charge in [0.05, 0.1) is 32.0 Å². The second-order valence-electron chi connectivity index (χ2n) is 7.37. The van der Waals surface area contributed by atoms with E-state index < -0.39 is 0 Å². The highest BCUT2D eigenvalue weighted by Gasteiger charge is 2.26. The van der Waals surface area contributed by atoms with Gasteiger partial charge in [-0.05, 0) is 53.7 Å². The van der Waals surface area contributed by atoms with Crippen molar-refractivity contribution in [3.05, 3.63) is 17.7 Å². The van der Waals surface area contributed by atoms with Crippen LogP contribution in [0.5, 0.6) is 17.2 Å². The summed E-state index contributed by atoms with van der Waals surface area (Å²) in [6, 6.07) is 3.65. The van der Waals surface area contributed by atoms with Crippen LogP contribution in [-0.4, -0.2) is 68.5 Å². The van der Waals surface area contributed by atoms with Crippen LogP contribution in [-0.2, 0) is 4.74 Å². The van der Waals surface area contributed by atoms with Gasteiger partial charge in [0.2, 0.25) is 5.75 Å². The Hall–Kier alpha value is -1.99. The molecule has 3 unspecified atom stereocenters. The number of nitrogens with one attached hydrogen (secondary N) is 1. The second-order valence-corrected chi connectivity index (χ2v) is 7.37. The fraction of sp³-hybridized carbons (Fsp3) is 0.682. The molecule has 2 rings (SSSR count). The van der Waals surface area contributed by atoms with Crippen LogP contribution >= 0.6 is 0 Å². The number of ether oxygens (including phenoxy) is 4. The summed E-state index contributed by atoms with van der Waals surface area (Å²) >= 11 is 0. The highest BCUT2D eigenvalue weighted by atomic mass is 16.5. The van der Waals surface area contributed by atoms with E-state index in [1.165, 1.54) is 0 Å². The largest absolute Gasteiger partial charge is 0.490 e. The normalized spacial score (nSPS) is 20.8. The minimum absolute atomic E-state index is 0.156. The molecule has 0 saturated carbocycles. The Morgan fingerprint density at radius 1 is 1.07 bits per heavy atom. The quantitative estimate of drug-likeness (QED) is 0.642. The first-order valence-corrected chi connectivity index (χ1v) is 10.6. The highest BCUT2D eigenvalue weighted by Crippen LogP contribution is 2.39. The molecule has 3 atom stereocenters. The summed E-state index contributed by atoms with van der Waals surface area (Å²) in [6.07, 6.45) is 0.399. The fourth-order valence-electron chi connectivity index (χ4n) is 3.57. The lowest BCUT2D eigenvalue weighted by atomic mass is 10.1. The molecule has 1 aromatic carbocycles. The Bertz CT molecular complexity index is 630. The summed E-state index contributed by atoms with van der Waals surface area (Å²) in [4.78, 5) is 15.2. The Morgan fingerprint density at radius 3 is 2.07 bits per heavy atom. The molecule has 1 saturated heterocycles. The Kier molecular flexibility index (Phi) is 9.04. The first-order chi connectivity index (χ1) is 13.9. The molecule has 0 aliphatic carbocycles. The van der Waals surface area contributed by atoms with Crippen LogP contribution in [0.15, 0.2) is 12.1 Å². The summed E-state index contributed by atoms with van der Waals surface area (Å²) in [7, 11) is 0. The molecular formula is C22H36N2O5. The maximum Gasteiger partial charge on any atom is 0.251 e. The van der Waals surface area contributed by atoms with Gasteiger partial charge in [-0.2, -0.15) is 0 Å². The third-order valence-corrected chi connectivity index (χ3v) is 4.80. The number of morpholine rings is 1. The van der Waals surface area contributed by atoms with Gasteiger partial charge in [0, 0.05) is 31.2 Å². The van der Waals surface area contributed by atoms with Gasteiger partial charge < -0.3 is 24.3 Å². The first kappa shape index (κ1) is 23.3. The van der Waals surface area contributed by atoms with Crippen molar-refractivity contribution in [2.24, 2.45) is 0 Å². The first-order valence-electron chi connectivity index (χ1n) is 10.6. The minimum Gasteiger partial charge on any atom is -0.490 e. The summed E-state index contributed by atoms with van der Waals surface area (Å²) < 4.78 is 22.9. The van der Waals surface area contributed by atoms with Crippen molar-refractivity contribution in [1.82, 2.24) is 10.2 Å². The molecular weight excluding hydrogens is 372 g/mol. The zero-order chi connectivity index (χ0) is 21.4. The van der Waals surface area contributed by atoms with E-state index in [0.717, 1.165) is 13.1 Å². The zero-order valence-corrected chi connectivity index (χ0v) is 18.6. The van der Waals surface area contributed by atoms with E-state index in [1.54, 1.807) is 12.1 Å². The lowest BCUT2D eigenvalue weighted by molar-refractivity contribution is -0.0778. The zero-order valence-electron chi connectivity index (χ0n) is 18.6. The van der Waals surface area contributed by atoms with Gasteiger partial charge in [-0.3, -0.25) is 9.69 Å². The lowest BCUT2D eigenvalue weighted by Crippen LogP contribution is -2.52. The van der Waals surface area contributed by atoms with Crippen LogP contribution in [0.3, 0.4) is 0 Å². The molecule has 1 amide bonds. The fourth-order valence-corrected chi connectivity index (χ4v) is 3.57. The molecule has 1 fully saturated rings. The highest BCUT2D eigenvalue weighted by molar-refractivity contribution is 5.95. The number of carbonyl (C=O) groups excluding carboxylic acids is 1. The Morgan fingerprint density at radius 2 is 1.59 bits per heavy atom.